The summed E-state index contributed by atoms with van der Waals surface area (Å²) in [7, 11) is 1.95. The van der Waals surface area contributed by atoms with Crippen molar-refractivity contribution in [3.63, 3.8) is 0 Å². The standard InChI is InChI=1S/C19H26N4O3/c1-3-20-19(25)23(15-8-9-15)14-18(24)22(13-17-7-5-11-26-17)12-16-6-4-10-21(16)2/h4-7,10-11,15H,3,8-9,12-14H2,1-2H3,(H,20,25). The molecule has 1 saturated carbocycles. The van der Waals surface area contributed by atoms with Crippen molar-refractivity contribution < 1.29 is 14.0 Å². The molecule has 0 atom stereocenters. The van der Waals surface area contributed by atoms with Gasteiger partial charge >= 0.3 is 6.03 Å². The van der Waals surface area contributed by atoms with Crippen molar-refractivity contribution in [3.8, 4) is 0 Å². The molecular formula is C19H26N4O3. The van der Waals surface area contributed by atoms with Crippen LogP contribution >= 0.6 is 0 Å². The number of hydrogen-bond donors (Lipinski definition) is 1. The van der Waals surface area contributed by atoms with Gasteiger partial charge in [0.2, 0.25) is 5.91 Å². The number of amides is 3. The number of furan rings is 1. The predicted molar refractivity (Wildman–Crippen MR) is 97.2 cm³/mol. The average molecular weight is 358 g/mol. The van der Waals surface area contributed by atoms with Crippen molar-refractivity contribution in [1.29, 1.82) is 0 Å². The van der Waals surface area contributed by atoms with E-state index in [0.29, 0.717) is 19.6 Å². The molecule has 0 saturated heterocycles. The summed E-state index contributed by atoms with van der Waals surface area (Å²) in [6.45, 7) is 3.36. The molecule has 3 rings (SSSR count). The van der Waals surface area contributed by atoms with E-state index in [1.165, 1.54) is 0 Å². The number of nitrogens with one attached hydrogen (secondary N) is 1. The molecule has 0 bridgehead atoms. The third kappa shape index (κ3) is 4.47. The van der Waals surface area contributed by atoms with Crippen LogP contribution in [0.25, 0.3) is 0 Å². The number of urea groups is 1. The molecule has 26 heavy (non-hydrogen) atoms. The number of aryl methyl sites for hydroxylation is 1. The van der Waals surface area contributed by atoms with E-state index in [2.05, 4.69) is 5.32 Å². The van der Waals surface area contributed by atoms with Crippen LogP contribution in [0.5, 0.6) is 0 Å². The molecule has 0 aliphatic heterocycles. The van der Waals surface area contributed by atoms with E-state index in [1.807, 2.05) is 49.0 Å². The van der Waals surface area contributed by atoms with E-state index in [1.54, 1.807) is 16.1 Å². The second-order valence-corrected chi connectivity index (χ2v) is 6.63. The zero-order valence-corrected chi connectivity index (χ0v) is 15.4. The predicted octanol–water partition coefficient (Wildman–Crippen LogP) is 2.34. The Morgan fingerprint density at radius 2 is 2.08 bits per heavy atom. The molecule has 2 aromatic rings. The summed E-state index contributed by atoms with van der Waals surface area (Å²) in [5.74, 6) is 0.643. The van der Waals surface area contributed by atoms with Gasteiger partial charge < -0.3 is 24.1 Å². The lowest BCUT2D eigenvalue weighted by Gasteiger charge is -2.27. The highest BCUT2D eigenvalue weighted by atomic mass is 16.3. The molecular weight excluding hydrogens is 332 g/mol. The first-order chi connectivity index (χ1) is 12.6. The van der Waals surface area contributed by atoms with Crippen LogP contribution in [0.3, 0.4) is 0 Å². The molecule has 0 unspecified atom stereocenters. The number of aromatic nitrogens is 1. The lowest BCUT2D eigenvalue weighted by atomic mass is 10.3. The molecule has 7 nitrogen and oxygen atoms in total. The van der Waals surface area contributed by atoms with Crippen LogP contribution in [0.4, 0.5) is 4.79 Å². The van der Waals surface area contributed by atoms with Crippen molar-refractivity contribution in [2.75, 3.05) is 13.1 Å². The summed E-state index contributed by atoms with van der Waals surface area (Å²) < 4.78 is 7.41. The Kier molecular flexibility index (Phi) is 5.65. The van der Waals surface area contributed by atoms with Gasteiger partial charge in [-0.25, -0.2) is 4.79 Å². The molecule has 2 heterocycles. The molecule has 2 aromatic heterocycles. The van der Waals surface area contributed by atoms with Crippen LogP contribution in [0.1, 0.15) is 31.2 Å². The maximum atomic E-state index is 13.0. The lowest BCUT2D eigenvalue weighted by Crippen LogP contribution is -2.47. The monoisotopic (exact) mass is 358 g/mol. The summed E-state index contributed by atoms with van der Waals surface area (Å²) in [5.41, 5.74) is 1.03. The zero-order chi connectivity index (χ0) is 18.5. The average Bonchev–Trinajstić information content (AvgIpc) is 3.18. The minimum absolute atomic E-state index is 0.0826. The Hall–Kier alpha value is -2.70. The highest BCUT2D eigenvalue weighted by molar-refractivity contribution is 5.84. The first kappa shape index (κ1) is 18.1. The van der Waals surface area contributed by atoms with Gasteiger partial charge in [0.05, 0.1) is 19.4 Å². The molecule has 1 aliphatic rings. The molecule has 0 spiro atoms. The number of rotatable bonds is 8. The third-order valence-corrected chi connectivity index (χ3v) is 4.57. The van der Waals surface area contributed by atoms with Crippen molar-refractivity contribution in [2.24, 2.45) is 7.05 Å². The lowest BCUT2D eigenvalue weighted by molar-refractivity contribution is -0.133. The highest BCUT2D eigenvalue weighted by Crippen LogP contribution is 2.27. The highest BCUT2D eigenvalue weighted by Gasteiger charge is 2.34. The van der Waals surface area contributed by atoms with Gasteiger partial charge in [-0.05, 0) is 44.0 Å². The summed E-state index contributed by atoms with van der Waals surface area (Å²) >= 11 is 0. The first-order valence-corrected chi connectivity index (χ1v) is 9.03. The topological polar surface area (TPSA) is 70.7 Å². The molecule has 7 heteroatoms. The van der Waals surface area contributed by atoms with Crippen LogP contribution in [0, 0.1) is 0 Å². The molecule has 0 radical (unpaired) electrons. The Labute approximate surface area is 153 Å². The summed E-state index contributed by atoms with van der Waals surface area (Å²) in [5, 5.41) is 2.81. The van der Waals surface area contributed by atoms with Gasteiger partial charge in [0.15, 0.2) is 0 Å². The molecule has 1 aliphatic carbocycles. The smallest absolute Gasteiger partial charge is 0.318 e. The van der Waals surface area contributed by atoms with Gasteiger partial charge in [-0.1, -0.05) is 0 Å². The SMILES string of the molecule is CCNC(=O)N(CC(=O)N(Cc1ccco1)Cc1cccn1C)C1CC1. The largest absolute Gasteiger partial charge is 0.467 e. The quantitative estimate of drug-likeness (QED) is 0.787. The Balaban J connectivity index is 1.72. The fourth-order valence-corrected chi connectivity index (χ4v) is 2.93. The minimum atomic E-state index is -0.167. The maximum Gasteiger partial charge on any atom is 0.318 e. The van der Waals surface area contributed by atoms with Crippen molar-refractivity contribution in [3.05, 3.63) is 48.2 Å². The fraction of sp³-hybridized carbons (Fsp3) is 0.474. The van der Waals surface area contributed by atoms with Gasteiger partial charge in [0, 0.05) is 31.5 Å². The normalized spacial score (nSPS) is 13.5. The van der Waals surface area contributed by atoms with Gasteiger partial charge in [0.25, 0.3) is 0 Å². The fourth-order valence-electron chi connectivity index (χ4n) is 2.93. The number of nitrogens with zero attached hydrogens (tertiary/aromatic N) is 3. The van der Waals surface area contributed by atoms with Crippen molar-refractivity contribution in [1.82, 2.24) is 19.7 Å². The maximum absolute atomic E-state index is 13.0. The zero-order valence-electron chi connectivity index (χ0n) is 15.4. The van der Waals surface area contributed by atoms with Gasteiger partial charge in [-0.2, -0.15) is 0 Å². The van der Waals surface area contributed by atoms with E-state index < -0.39 is 0 Å². The minimum Gasteiger partial charge on any atom is -0.467 e. The van der Waals surface area contributed by atoms with E-state index in [0.717, 1.165) is 24.3 Å². The Bertz CT molecular complexity index is 734. The van der Waals surface area contributed by atoms with Crippen LogP contribution < -0.4 is 5.32 Å². The van der Waals surface area contributed by atoms with E-state index in [4.69, 9.17) is 4.42 Å². The molecule has 140 valence electrons. The Morgan fingerprint density at radius 3 is 2.65 bits per heavy atom. The first-order valence-electron chi connectivity index (χ1n) is 9.03. The summed E-state index contributed by atoms with van der Waals surface area (Å²) in [6.07, 6.45) is 5.47. The van der Waals surface area contributed by atoms with E-state index in [9.17, 15) is 9.59 Å². The molecule has 1 fully saturated rings. The van der Waals surface area contributed by atoms with E-state index in [-0.39, 0.29) is 24.5 Å². The third-order valence-electron chi connectivity index (χ3n) is 4.57. The van der Waals surface area contributed by atoms with Crippen molar-refractivity contribution in [2.45, 2.75) is 38.9 Å². The Morgan fingerprint density at radius 1 is 1.27 bits per heavy atom. The van der Waals surface area contributed by atoms with Crippen LogP contribution in [-0.4, -0.2) is 45.4 Å². The van der Waals surface area contributed by atoms with Crippen molar-refractivity contribution >= 4 is 11.9 Å². The second-order valence-electron chi connectivity index (χ2n) is 6.63. The molecule has 0 aromatic carbocycles. The van der Waals surface area contributed by atoms with Crippen LogP contribution in [0.2, 0.25) is 0 Å². The summed E-state index contributed by atoms with van der Waals surface area (Å²) in [6, 6.07) is 7.62. The van der Waals surface area contributed by atoms with Crippen LogP contribution in [-0.2, 0) is 24.9 Å². The molecule has 1 N–H and O–H groups in total. The van der Waals surface area contributed by atoms with Gasteiger partial charge in [-0.15, -0.1) is 0 Å². The van der Waals surface area contributed by atoms with Gasteiger partial charge in [0.1, 0.15) is 12.3 Å². The second kappa shape index (κ2) is 8.12. The van der Waals surface area contributed by atoms with Gasteiger partial charge in [-0.3, -0.25) is 4.79 Å². The number of carbonyl (C=O) groups is 2. The number of hydrogen-bond acceptors (Lipinski definition) is 3. The van der Waals surface area contributed by atoms with E-state index >= 15 is 0 Å². The summed E-state index contributed by atoms with van der Waals surface area (Å²) in [4.78, 5) is 28.7. The number of carbonyl (C=O) groups excluding carboxylic acids is 2. The molecule has 3 amide bonds. The van der Waals surface area contributed by atoms with Crippen LogP contribution in [0.15, 0.2) is 41.1 Å².